The second-order valence-corrected chi connectivity index (χ2v) is 8.07. The molecule has 2 atom stereocenters. The third-order valence-corrected chi connectivity index (χ3v) is 5.42. The summed E-state index contributed by atoms with van der Waals surface area (Å²) in [7, 11) is 0. The average Bonchev–Trinajstić information content (AvgIpc) is 3.42. The number of aryl methyl sites for hydroxylation is 1. The summed E-state index contributed by atoms with van der Waals surface area (Å²) in [5.74, 6) is 0.598. The highest BCUT2D eigenvalue weighted by molar-refractivity contribution is 5.92. The second-order valence-electron chi connectivity index (χ2n) is 8.07. The van der Waals surface area contributed by atoms with E-state index in [1.165, 1.54) is 11.3 Å². The van der Waals surface area contributed by atoms with E-state index in [0.717, 1.165) is 32.6 Å². The van der Waals surface area contributed by atoms with E-state index in [9.17, 15) is 9.59 Å². The van der Waals surface area contributed by atoms with Crippen LogP contribution in [0.1, 0.15) is 32.3 Å². The van der Waals surface area contributed by atoms with E-state index in [-0.39, 0.29) is 23.7 Å². The van der Waals surface area contributed by atoms with Crippen LogP contribution in [-0.2, 0) is 9.59 Å². The number of hydrogen-bond donors (Lipinski definition) is 1. The van der Waals surface area contributed by atoms with Gasteiger partial charge in [0.2, 0.25) is 11.8 Å². The van der Waals surface area contributed by atoms with Gasteiger partial charge in [0.15, 0.2) is 0 Å². The summed E-state index contributed by atoms with van der Waals surface area (Å²) in [5.41, 5.74) is 2.48. The van der Waals surface area contributed by atoms with Crippen LogP contribution in [0, 0.1) is 24.7 Å². The maximum atomic E-state index is 12.7. The Morgan fingerprint density at radius 2 is 1.88 bits per heavy atom. The first kappa shape index (κ1) is 18.7. The number of carbonyl (C=O) groups is 2. The van der Waals surface area contributed by atoms with Crippen molar-refractivity contribution in [1.29, 1.82) is 0 Å². The number of carbonyl (C=O) groups excluding carboxylic acids is 2. The van der Waals surface area contributed by atoms with Gasteiger partial charge in [0.1, 0.15) is 0 Å². The predicted octanol–water partition coefficient (Wildman–Crippen LogP) is 2.44. The Balaban J connectivity index is 1.44. The molecule has 5 nitrogen and oxygen atoms in total. The molecule has 5 heteroatoms. The number of hydrogen-bond acceptors (Lipinski definition) is 3. The predicted molar refractivity (Wildman–Crippen MR) is 104 cm³/mol. The summed E-state index contributed by atoms with van der Waals surface area (Å²) in [4.78, 5) is 29.1. The maximum Gasteiger partial charge on any atom is 0.226 e. The first-order valence-electron chi connectivity index (χ1n) is 9.84. The van der Waals surface area contributed by atoms with Gasteiger partial charge < -0.3 is 15.1 Å². The monoisotopic (exact) mass is 357 g/mol. The van der Waals surface area contributed by atoms with Crippen molar-refractivity contribution in [3.63, 3.8) is 0 Å². The molecule has 2 fully saturated rings. The Hall–Kier alpha value is -2.04. The normalized spacial score (nSPS) is 22.5. The highest BCUT2D eigenvalue weighted by Crippen LogP contribution is 2.40. The molecule has 1 aliphatic heterocycles. The highest BCUT2D eigenvalue weighted by Gasteiger charge is 2.49. The zero-order chi connectivity index (χ0) is 18.7. The molecule has 1 N–H and O–H groups in total. The Kier molecular flexibility index (Phi) is 5.84. The van der Waals surface area contributed by atoms with E-state index in [1.54, 1.807) is 0 Å². The summed E-state index contributed by atoms with van der Waals surface area (Å²) < 4.78 is 0. The fraction of sp³-hybridized carbons (Fsp3) is 0.619. The third kappa shape index (κ3) is 4.57. The van der Waals surface area contributed by atoms with Crippen molar-refractivity contribution >= 4 is 17.5 Å². The van der Waals surface area contributed by atoms with Gasteiger partial charge >= 0.3 is 0 Å². The van der Waals surface area contributed by atoms with Crippen molar-refractivity contribution in [3.05, 3.63) is 29.8 Å². The fourth-order valence-electron chi connectivity index (χ4n) is 3.62. The first-order valence-corrected chi connectivity index (χ1v) is 9.84. The number of nitrogens with zero attached hydrogens (tertiary/aromatic N) is 2. The highest BCUT2D eigenvalue weighted by atomic mass is 16.2. The topological polar surface area (TPSA) is 52.7 Å². The van der Waals surface area contributed by atoms with Gasteiger partial charge in [0, 0.05) is 38.4 Å². The molecule has 1 heterocycles. The summed E-state index contributed by atoms with van der Waals surface area (Å²) >= 11 is 0. The van der Waals surface area contributed by atoms with Gasteiger partial charge in [-0.15, -0.1) is 0 Å². The number of piperazine rings is 1. The van der Waals surface area contributed by atoms with Gasteiger partial charge in [-0.05, 0) is 43.4 Å². The molecular weight excluding hydrogens is 326 g/mol. The van der Waals surface area contributed by atoms with Gasteiger partial charge in [-0.25, -0.2) is 0 Å². The van der Waals surface area contributed by atoms with E-state index in [1.807, 2.05) is 4.90 Å². The Morgan fingerprint density at radius 1 is 1.15 bits per heavy atom. The number of amides is 2. The van der Waals surface area contributed by atoms with E-state index in [4.69, 9.17) is 0 Å². The molecule has 1 saturated carbocycles. The molecule has 1 saturated heterocycles. The van der Waals surface area contributed by atoms with Gasteiger partial charge in [0.25, 0.3) is 0 Å². The van der Waals surface area contributed by atoms with Gasteiger partial charge in [-0.3, -0.25) is 9.59 Å². The molecule has 2 amide bonds. The maximum absolute atomic E-state index is 12.7. The first-order chi connectivity index (χ1) is 12.5. The summed E-state index contributed by atoms with van der Waals surface area (Å²) in [6.07, 6.45) is 1.70. The smallest absolute Gasteiger partial charge is 0.226 e. The molecule has 0 aromatic heterocycles. The van der Waals surface area contributed by atoms with Crippen molar-refractivity contribution in [2.24, 2.45) is 17.8 Å². The molecule has 2 unspecified atom stereocenters. The van der Waals surface area contributed by atoms with E-state index >= 15 is 0 Å². The average molecular weight is 357 g/mol. The Morgan fingerprint density at radius 3 is 2.54 bits per heavy atom. The van der Waals surface area contributed by atoms with E-state index < -0.39 is 0 Å². The van der Waals surface area contributed by atoms with Crippen LogP contribution in [0.4, 0.5) is 5.69 Å². The summed E-state index contributed by atoms with van der Waals surface area (Å²) in [6.45, 7) is 10.3. The zero-order valence-electron chi connectivity index (χ0n) is 16.2. The van der Waals surface area contributed by atoms with Crippen LogP contribution in [0.2, 0.25) is 0 Å². The summed E-state index contributed by atoms with van der Waals surface area (Å²) in [6, 6.07) is 8.50. The standard InChI is InChI=1S/C21H31N3O2/c1-15(2)7-8-22-20(25)18-14-19(18)21(26)24-11-9-23(10-12-24)17-6-4-5-16(3)13-17/h4-6,13,15,18-19H,7-12,14H2,1-3H3,(H,22,25). The van der Waals surface area contributed by atoms with Crippen molar-refractivity contribution < 1.29 is 9.59 Å². The Bertz CT molecular complexity index is 650. The van der Waals surface area contributed by atoms with Crippen molar-refractivity contribution in [2.75, 3.05) is 37.6 Å². The molecule has 1 aromatic carbocycles. The lowest BCUT2D eigenvalue weighted by molar-refractivity contribution is -0.135. The fourth-order valence-corrected chi connectivity index (χ4v) is 3.62. The van der Waals surface area contributed by atoms with Crippen LogP contribution in [-0.4, -0.2) is 49.4 Å². The molecular formula is C21H31N3O2. The molecule has 26 heavy (non-hydrogen) atoms. The summed E-state index contributed by atoms with van der Waals surface area (Å²) in [5, 5.41) is 2.98. The van der Waals surface area contributed by atoms with Crippen LogP contribution < -0.4 is 10.2 Å². The SMILES string of the molecule is Cc1cccc(N2CCN(C(=O)C3CC3C(=O)NCCC(C)C)CC2)c1. The quantitative estimate of drug-likeness (QED) is 0.851. The molecule has 0 spiro atoms. The molecule has 1 aliphatic carbocycles. The molecule has 0 bridgehead atoms. The number of nitrogens with one attached hydrogen (secondary N) is 1. The second kappa shape index (κ2) is 8.11. The zero-order valence-corrected chi connectivity index (χ0v) is 16.2. The minimum atomic E-state index is -0.107. The van der Waals surface area contributed by atoms with Crippen LogP contribution in [0.25, 0.3) is 0 Å². The third-order valence-electron chi connectivity index (χ3n) is 5.42. The van der Waals surface area contributed by atoms with Gasteiger partial charge in [0.05, 0.1) is 11.8 Å². The minimum Gasteiger partial charge on any atom is -0.368 e. The van der Waals surface area contributed by atoms with E-state index in [2.05, 4.69) is 55.3 Å². The van der Waals surface area contributed by atoms with Crippen molar-refractivity contribution in [2.45, 2.75) is 33.6 Å². The van der Waals surface area contributed by atoms with E-state index in [0.29, 0.717) is 18.9 Å². The minimum absolute atomic E-state index is 0.0578. The molecule has 2 aliphatic rings. The van der Waals surface area contributed by atoms with Crippen LogP contribution in [0.5, 0.6) is 0 Å². The molecule has 0 radical (unpaired) electrons. The van der Waals surface area contributed by atoms with Crippen LogP contribution >= 0.6 is 0 Å². The molecule has 1 aromatic rings. The number of rotatable bonds is 6. The molecule has 142 valence electrons. The van der Waals surface area contributed by atoms with Crippen molar-refractivity contribution in [1.82, 2.24) is 10.2 Å². The number of benzene rings is 1. The van der Waals surface area contributed by atoms with Gasteiger partial charge in [-0.2, -0.15) is 0 Å². The van der Waals surface area contributed by atoms with Crippen LogP contribution in [0.3, 0.4) is 0 Å². The van der Waals surface area contributed by atoms with Gasteiger partial charge in [-0.1, -0.05) is 26.0 Å². The lowest BCUT2D eigenvalue weighted by Gasteiger charge is -2.36. The number of anilines is 1. The molecule has 3 rings (SSSR count). The van der Waals surface area contributed by atoms with Crippen LogP contribution in [0.15, 0.2) is 24.3 Å². The van der Waals surface area contributed by atoms with Crippen molar-refractivity contribution in [3.8, 4) is 0 Å². The lowest BCUT2D eigenvalue weighted by atomic mass is 10.1. The Labute approximate surface area is 156 Å². The lowest BCUT2D eigenvalue weighted by Crippen LogP contribution is -2.49. The largest absolute Gasteiger partial charge is 0.368 e.